The van der Waals surface area contributed by atoms with Gasteiger partial charge in [0.05, 0.1) is 9.85 Å². The third kappa shape index (κ3) is 5.01. The summed E-state index contributed by atoms with van der Waals surface area (Å²) in [6.07, 6.45) is -0.640. The summed E-state index contributed by atoms with van der Waals surface area (Å²) in [5.74, 6) is -0.975. The fraction of sp³-hybridized carbons (Fsp3) is 0. The second-order valence-electron chi connectivity index (χ2n) is 5.04. The zero-order chi connectivity index (χ0) is 20.8. The first-order chi connectivity index (χ1) is 13.2. The average molecular weight is 390 g/mol. The van der Waals surface area contributed by atoms with Gasteiger partial charge in [0.1, 0.15) is 0 Å². The summed E-state index contributed by atoms with van der Waals surface area (Å²) in [7, 11) is 0. The van der Waals surface area contributed by atoms with Crippen molar-refractivity contribution in [3.8, 4) is 11.5 Å². The second kappa shape index (κ2) is 8.27. The topological polar surface area (TPSA) is 179 Å². The van der Waals surface area contributed by atoms with Crippen molar-refractivity contribution in [2.75, 3.05) is 0 Å². The van der Waals surface area contributed by atoms with E-state index in [1.54, 1.807) is 0 Å². The van der Waals surface area contributed by atoms with Crippen LogP contribution >= 0.6 is 0 Å². The Morgan fingerprint density at radius 1 is 0.786 bits per heavy atom. The number of carbonyl (C=O) groups is 2. The molecule has 12 nitrogen and oxygen atoms in total. The lowest BCUT2D eigenvalue weighted by atomic mass is 10.1. The molecule has 0 unspecified atom stereocenters. The molecule has 0 aliphatic heterocycles. The molecule has 12 heteroatoms. The number of hydrogen-bond donors (Lipinski definition) is 2. The van der Waals surface area contributed by atoms with E-state index in [4.69, 9.17) is 10.2 Å². The van der Waals surface area contributed by atoms with Crippen molar-refractivity contribution in [3.05, 3.63) is 67.8 Å². The van der Waals surface area contributed by atoms with Crippen LogP contribution in [-0.4, -0.2) is 32.4 Å². The summed E-state index contributed by atoms with van der Waals surface area (Å²) in [4.78, 5) is 41.5. The molecule has 2 N–H and O–H groups in total. The van der Waals surface area contributed by atoms with Gasteiger partial charge in [0.2, 0.25) is 11.5 Å². The van der Waals surface area contributed by atoms with Gasteiger partial charge in [-0.05, 0) is 35.4 Å². The fourth-order valence-electron chi connectivity index (χ4n) is 2.11. The van der Waals surface area contributed by atoms with Crippen molar-refractivity contribution in [3.63, 3.8) is 0 Å². The molecule has 0 aromatic heterocycles. The van der Waals surface area contributed by atoms with Gasteiger partial charge in [-0.2, -0.15) is 0 Å². The Labute approximate surface area is 155 Å². The third-order valence-electron chi connectivity index (χ3n) is 3.22. The largest absolute Gasteiger partial charge is 0.511 e. The smallest absolute Gasteiger partial charge is 0.449 e. The monoisotopic (exact) mass is 390 g/mol. The number of hydrogen-bond acceptors (Lipinski definition) is 8. The minimum absolute atomic E-state index is 0.320. The average Bonchev–Trinajstić information content (AvgIpc) is 2.58. The van der Waals surface area contributed by atoms with Crippen molar-refractivity contribution >= 4 is 35.8 Å². The summed E-state index contributed by atoms with van der Waals surface area (Å²) >= 11 is 0. The van der Waals surface area contributed by atoms with Gasteiger partial charge in [0.15, 0.2) is 0 Å². The molecular formula is C16H10N2O10. The molecular weight excluding hydrogens is 380 g/mol. The predicted octanol–water partition coefficient (Wildman–Crippen LogP) is 3.79. The minimum Gasteiger partial charge on any atom is -0.449 e. The lowest BCUT2D eigenvalue weighted by Gasteiger charge is -2.04. The van der Waals surface area contributed by atoms with Crippen LogP contribution in [0.25, 0.3) is 12.2 Å². The van der Waals surface area contributed by atoms with Gasteiger partial charge >= 0.3 is 23.7 Å². The van der Waals surface area contributed by atoms with E-state index in [1.807, 2.05) is 0 Å². The van der Waals surface area contributed by atoms with E-state index < -0.39 is 45.0 Å². The first-order valence-electron chi connectivity index (χ1n) is 7.24. The fourth-order valence-corrected chi connectivity index (χ4v) is 2.11. The molecule has 28 heavy (non-hydrogen) atoms. The van der Waals surface area contributed by atoms with Crippen LogP contribution in [0.5, 0.6) is 11.5 Å². The molecule has 144 valence electrons. The molecule has 0 radical (unpaired) electrons. The van der Waals surface area contributed by atoms with Crippen LogP contribution in [0.1, 0.15) is 11.1 Å². The van der Waals surface area contributed by atoms with E-state index in [1.165, 1.54) is 24.3 Å². The molecule has 0 saturated carbocycles. The van der Waals surface area contributed by atoms with Crippen LogP contribution < -0.4 is 9.47 Å². The highest BCUT2D eigenvalue weighted by molar-refractivity contribution is 5.75. The van der Waals surface area contributed by atoms with Crippen LogP contribution in [0.4, 0.5) is 21.0 Å². The van der Waals surface area contributed by atoms with E-state index >= 15 is 0 Å². The Hall–Kier alpha value is -4.48. The van der Waals surface area contributed by atoms with Gasteiger partial charge < -0.3 is 19.7 Å². The van der Waals surface area contributed by atoms with Crippen LogP contribution in [-0.2, 0) is 0 Å². The lowest BCUT2D eigenvalue weighted by Crippen LogP contribution is -2.05. The van der Waals surface area contributed by atoms with E-state index in [2.05, 4.69) is 9.47 Å². The number of ether oxygens (including phenoxy) is 2. The molecule has 0 saturated heterocycles. The second-order valence-corrected chi connectivity index (χ2v) is 5.04. The maximum Gasteiger partial charge on any atom is 0.511 e. The van der Waals surface area contributed by atoms with Crippen LogP contribution in [0.15, 0.2) is 36.4 Å². The molecule has 0 aliphatic rings. The van der Waals surface area contributed by atoms with Gasteiger partial charge in [-0.25, -0.2) is 9.59 Å². The van der Waals surface area contributed by atoms with Crippen molar-refractivity contribution in [1.82, 2.24) is 0 Å². The Bertz CT molecular complexity index is 919. The summed E-state index contributed by atoms with van der Waals surface area (Å²) < 4.78 is 8.77. The first-order valence-corrected chi connectivity index (χ1v) is 7.24. The molecule has 2 aromatic carbocycles. The minimum atomic E-state index is -1.73. The number of nitro benzene ring substituents is 2. The highest BCUT2D eigenvalue weighted by Crippen LogP contribution is 2.31. The quantitative estimate of drug-likeness (QED) is 0.242. The number of nitro groups is 2. The van der Waals surface area contributed by atoms with E-state index in [9.17, 15) is 29.8 Å². The predicted molar refractivity (Wildman–Crippen MR) is 92.4 cm³/mol. The maximum absolute atomic E-state index is 10.9. The molecule has 0 aliphatic carbocycles. The normalized spacial score (nSPS) is 10.4. The van der Waals surface area contributed by atoms with Crippen molar-refractivity contribution < 1.29 is 39.1 Å². The Balaban J connectivity index is 2.37. The van der Waals surface area contributed by atoms with Crippen LogP contribution in [0, 0.1) is 20.2 Å². The van der Waals surface area contributed by atoms with Gasteiger partial charge in [-0.15, -0.1) is 0 Å². The molecule has 0 fully saturated rings. The maximum atomic E-state index is 10.9. The third-order valence-corrected chi connectivity index (χ3v) is 3.22. The highest BCUT2D eigenvalue weighted by atomic mass is 16.7. The molecule has 0 amide bonds. The molecule has 0 spiro atoms. The molecule has 2 aromatic rings. The molecule has 0 heterocycles. The zero-order valence-corrected chi connectivity index (χ0v) is 13.7. The van der Waals surface area contributed by atoms with E-state index in [0.717, 1.165) is 24.3 Å². The Morgan fingerprint density at radius 2 is 1.14 bits per heavy atom. The summed E-state index contributed by atoms with van der Waals surface area (Å²) in [5, 5.41) is 39.1. The summed E-state index contributed by atoms with van der Waals surface area (Å²) in [6, 6.07) is 6.97. The highest BCUT2D eigenvalue weighted by Gasteiger charge is 2.19. The summed E-state index contributed by atoms with van der Waals surface area (Å²) in [6.45, 7) is 0. The van der Waals surface area contributed by atoms with Gasteiger partial charge in [0.25, 0.3) is 0 Å². The number of nitrogens with zero attached hydrogens (tertiary/aromatic N) is 2. The zero-order valence-electron chi connectivity index (χ0n) is 13.7. The van der Waals surface area contributed by atoms with Gasteiger partial charge in [-0.3, -0.25) is 20.2 Å². The van der Waals surface area contributed by atoms with Gasteiger partial charge in [-0.1, -0.05) is 12.2 Å². The number of rotatable bonds is 6. The first kappa shape index (κ1) is 19.8. The van der Waals surface area contributed by atoms with Crippen molar-refractivity contribution in [2.24, 2.45) is 0 Å². The standard InChI is InChI=1S/C16H10N2O10/c19-15(20)27-13-7-9(3-5-11(13)17(23)24)1-2-10-4-6-12(18(25)26)14(8-10)28-16(21)22/h1-8H,(H,19,20)(H,21,22). The summed E-state index contributed by atoms with van der Waals surface area (Å²) in [5.41, 5.74) is -0.458. The molecule has 0 bridgehead atoms. The number of carboxylic acid groups (broad SMARTS) is 2. The molecule has 0 atom stereocenters. The van der Waals surface area contributed by atoms with Crippen LogP contribution in [0.3, 0.4) is 0 Å². The lowest BCUT2D eigenvalue weighted by molar-refractivity contribution is -0.385. The molecule has 2 rings (SSSR count). The number of benzene rings is 2. The van der Waals surface area contributed by atoms with E-state index in [-0.39, 0.29) is 0 Å². The van der Waals surface area contributed by atoms with Crippen molar-refractivity contribution in [1.29, 1.82) is 0 Å². The van der Waals surface area contributed by atoms with Gasteiger partial charge in [0, 0.05) is 12.1 Å². The van der Waals surface area contributed by atoms with Crippen LogP contribution in [0.2, 0.25) is 0 Å². The van der Waals surface area contributed by atoms with E-state index in [0.29, 0.717) is 11.1 Å². The Kier molecular flexibility index (Phi) is 5.86. The van der Waals surface area contributed by atoms with Crippen molar-refractivity contribution in [2.45, 2.75) is 0 Å². The Morgan fingerprint density at radius 3 is 1.43 bits per heavy atom. The SMILES string of the molecule is O=C(O)Oc1cc(C=Cc2ccc([N+](=O)[O-])c(OC(=O)O)c2)ccc1[N+](=O)[O-].